The summed E-state index contributed by atoms with van der Waals surface area (Å²) in [7, 11) is 0. The number of carbonyl (C=O) groups is 2. The molecule has 7 nitrogen and oxygen atoms in total. The van der Waals surface area contributed by atoms with E-state index in [2.05, 4.69) is 5.32 Å². The third kappa shape index (κ3) is 4.32. The van der Waals surface area contributed by atoms with Crippen molar-refractivity contribution in [2.75, 3.05) is 13.2 Å². The van der Waals surface area contributed by atoms with Crippen molar-refractivity contribution in [3.05, 3.63) is 24.2 Å². The SMILES string of the molecule is CC(C)CC1NC(=O)N(CC(O)COCc2ccco2)C1=O. The van der Waals surface area contributed by atoms with Gasteiger partial charge in [-0.3, -0.25) is 9.69 Å². The molecule has 2 rings (SSSR count). The quantitative estimate of drug-likeness (QED) is 0.702. The van der Waals surface area contributed by atoms with E-state index in [1.54, 1.807) is 12.1 Å². The van der Waals surface area contributed by atoms with E-state index in [1.807, 2.05) is 13.8 Å². The van der Waals surface area contributed by atoms with Crippen LogP contribution in [0.5, 0.6) is 0 Å². The van der Waals surface area contributed by atoms with Crippen molar-refractivity contribution in [1.82, 2.24) is 10.2 Å². The molecule has 1 aromatic heterocycles. The summed E-state index contributed by atoms with van der Waals surface area (Å²) < 4.78 is 10.4. The van der Waals surface area contributed by atoms with Crippen molar-refractivity contribution in [3.63, 3.8) is 0 Å². The average Bonchev–Trinajstić information content (AvgIpc) is 3.03. The van der Waals surface area contributed by atoms with Crippen molar-refractivity contribution in [2.24, 2.45) is 5.92 Å². The van der Waals surface area contributed by atoms with Crippen LogP contribution in [-0.2, 0) is 16.1 Å². The molecule has 2 heterocycles. The number of hydrogen-bond acceptors (Lipinski definition) is 5. The molecule has 122 valence electrons. The molecular weight excluding hydrogens is 288 g/mol. The van der Waals surface area contributed by atoms with Gasteiger partial charge in [-0.1, -0.05) is 13.8 Å². The highest BCUT2D eigenvalue weighted by Gasteiger charge is 2.38. The molecule has 0 bridgehead atoms. The fourth-order valence-electron chi connectivity index (χ4n) is 2.33. The number of imide groups is 1. The highest BCUT2D eigenvalue weighted by atomic mass is 16.5. The van der Waals surface area contributed by atoms with Crippen LogP contribution in [0.3, 0.4) is 0 Å². The smallest absolute Gasteiger partial charge is 0.324 e. The predicted molar refractivity (Wildman–Crippen MR) is 77.9 cm³/mol. The maximum atomic E-state index is 12.1. The number of aliphatic hydroxyl groups excluding tert-OH is 1. The lowest BCUT2D eigenvalue weighted by Gasteiger charge is -2.18. The first-order valence-electron chi connectivity index (χ1n) is 7.37. The van der Waals surface area contributed by atoms with Crippen molar-refractivity contribution in [2.45, 2.75) is 39.0 Å². The summed E-state index contributed by atoms with van der Waals surface area (Å²) in [5.74, 6) is 0.665. The number of urea groups is 1. The van der Waals surface area contributed by atoms with Gasteiger partial charge in [0, 0.05) is 0 Å². The number of nitrogens with one attached hydrogen (secondary N) is 1. The summed E-state index contributed by atoms with van der Waals surface area (Å²) in [6.45, 7) is 4.16. The first-order valence-corrected chi connectivity index (χ1v) is 7.37. The van der Waals surface area contributed by atoms with Gasteiger partial charge in [0.25, 0.3) is 5.91 Å². The Morgan fingerprint density at radius 1 is 1.45 bits per heavy atom. The zero-order valence-electron chi connectivity index (χ0n) is 12.8. The van der Waals surface area contributed by atoms with Crippen molar-refractivity contribution in [1.29, 1.82) is 0 Å². The standard InChI is InChI=1S/C15H22N2O5/c1-10(2)6-13-14(19)17(15(20)16-13)7-11(18)8-21-9-12-4-3-5-22-12/h3-5,10-11,13,18H,6-9H2,1-2H3,(H,16,20). The van der Waals surface area contributed by atoms with Gasteiger partial charge in [0.1, 0.15) is 18.4 Å². The summed E-state index contributed by atoms with van der Waals surface area (Å²) >= 11 is 0. The van der Waals surface area contributed by atoms with Crippen LogP contribution in [0, 0.1) is 5.92 Å². The van der Waals surface area contributed by atoms with Crippen molar-refractivity contribution >= 4 is 11.9 Å². The van der Waals surface area contributed by atoms with Gasteiger partial charge < -0.3 is 19.6 Å². The summed E-state index contributed by atoms with van der Waals surface area (Å²) in [5, 5.41) is 12.6. The van der Waals surface area contributed by atoms with E-state index in [0.29, 0.717) is 18.1 Å². The molecule has 0 saturated carbocycles. The van der Waals surface area contributed by atoms with Crippen LogP contribution in [0.2, 0.25) is 0 Å². The molecule has 2 atom stereocenters. The van der Waals surface area contributed by atoms with Gasteiger partial charge in [-0.05, 0) is 24.5 Å². The Labute approximate surface area is 129 Å². The summed E-state index contributed by atoms with van der Waals surface area (Å²) in [6.07, 6.45) is 1.20. The Balaban J connectivity index is 1.76. The lowest BCUT2D eigenvalue weighted by molar-refractivity contribution is -0.129. The van der Waals surface area contributed by atoms with Gasteiger partial charge in [0.05, 0.1) is 25.5 Å². The maximum Gasteiger partial charge on any atom is 0.324 e. The number of amides is 3. The second-order valence-corrected chi connectivity index (χ2v) is 5.83. The third-order valence-electron chi connectivity index (χ3n) is 3.34. The normalized spacial score (nSPS) is 19.8. The fourth-order valence-corrected chi connectivity index (χ4v) is 2.33. The summed E-state index contributed by atoms with van der Waals surface area (Å²) in [6, 6.07) is 2.56. The van der Waals surface area contributed by atoms with Gasteiger partial charge in [-0.15, -0.1) is 0 Å². The van der Waals surface area contributed by atoms with Crippen LogP contribution >= 0.6 is 0 Å². The van der Waals surface area contributed by atoms with E-state index >= 15 is 0 Å². The van der Waals surface area contributed by atoms with E-state index < -0.39 is 18.2 Å². The molecule has 1 fully saturated rings. The van der Waals surface area contributed by atoms with E-state index in [1.165, 1.54) is 6.26 Å². The molecule has 1 aromatic rings. The number of aliphatic hydroxyl groups is 1. The molecule has 1 saturated heterocycles. The Hall–Kier alpha value is -1.86. The van der Waals surface area contributed by atoms with Crippen molar-refractivity contribution < 1.29 is 23.8 Å². The molecule has 2 N–H and O–H groups in total. The van der Waals surface area contributed by atoms with Gasteiger partial charge in [-0.2, -0.15) is 0 Å². The number of hydrogen-bond donors (Lipinski definition) is 2. The Kier molecular flexibility index (Phi) is 5.57. The molecule has 0 aliphatic carbocycles. The number of furan rings is 1. The number of ether oxygens (including phenoxy) is 1. The first kappa shape index (κ1) is 16.5. The lowest BCUT2D eigenvalue weighted by atomic mass is 10.0. The second kappa shape index (κ2) is 7.42. The van der Waals surface area contributed by atoms with Gasteiger partial charge in [0.2, 0.25) is 0 Å². The maximum absolute atomic E-state index is 12.1. The largest absolute Gasteiger partial charge is 0.467 e. The Morgan fingerprint density at radius 2 is 2.23 bits per heavy atom. The number of carbonyl (C=O) groups excluding carboxylic acids is 2. The zero-order valence-corrected chi connectivity index (χ0v) is 12.8. The minimum Gasteiger partial charge on any atom is -0.467 e. The minimum atomic E-state index is -0.928. The predicted octanol–water partition coefficient (Wildman–Crippen LogP) is 1.12. The number of nitrogens with zero attached hydrogens (tertiary/aromatic N) is 1. The van der Waals surface area contributed by atoms with Gasteiger partial charge in [0.15, 0.2) is 0 Å². The molecule has 3 amide bonds. The topological polar surface area (TPSA) is 92.0 Å². The van der Waals surface area contributed by atoms with E-state index in [0.717, 1.165) is 4.90 Å². The second-order valence-electron chi connectivity index (χ2n) is 5.83. The van der Waals surface area contributed by atoms with Crippen LogP contribution in [-0.4, -0.2) is 47.2 Å². The van der Waals surface area contributed by atoms with Crippen LogP contribution < -0.4 is 5.32 Å². The van der Waals surface area contributed by atoms with E-state index in [9.17, 15) is 14.7 Å². The van der Waals surface area contributed by atoms with Gasteiger partial charge in [-0.25, -0.2) is 4.79 Å². The Morgan fingerprint density at radius 3 is 2.86 bits per heavy atom. The highest BCUT2D eigenvalue weighted by Crippen LogP contribution is 2.14. The molecule has 0 spiro atoms. The van der Waals surface area contributed by atoms with E-state index in [-0.39, 0.29) is 25.7 Å². The Bertz CT molecular complexity index is 500. The molecule has 0 aromatic carbocycles. The third-order valence-corrected chi connectivity index (χ3v) is 3.34. The number of rotatable bonds is 8. The van der Waals surface area contributed by atoms with Crippen LogP contribution in [0.1, 0.15) is 26.0 Å². The van der Waals surface area contributed by atoms with Gasteiger partial charge >= 0.3 is 6.03 Å². The molecule has 7 heteroatoms. The highest BCUT2D eigenvalue weighted by molar-refractivity contribution is 6.04. The molecule has 2 unspecified atom stereocenters. The van der Waals surface area contributed by atoms with Crippen LogP contribution in [0.25, 0.3) is 0 Å². The minimum absolute atomic E-state index is 0.0204. The molecular formula is C15H22N2O5. The lowest BCUT2D eigenvalue weighted by Crippen LogP contribution is -2.39. The molecule has 1 aliphatic heterocycles. The summed E-state index contributed by atoms with van der Waals surface area (Å²) in [4.78, 5) is 25.0. The average molecular weight is 310 g/mol. The monoisotopic (exact) mass is 310 g/mol. The van der Waals surface area contributed by atoms with E-state index in [4.69, 9.17) is 9.15 Å². The summed E-state index contributed by atoms with van der Waals surface area (Å²) in [5.41, 5.74) is 0. The van der Waals surface area contributed by atoms with Crippen LogP contribution in [0.15, 0.2) is 22.8 Å². The fraction of sp³-hybridized carbons (Fsp3) is 0.600. The zero-order chi connectivity index (χ0) is 16.1. The first-order chi connectivity index (χ1) is 10.5. The molecule has 22 heavy (non-hydrogen) atoms. The molecule has 0 radical (unpaired) electrons. The number of β-amino-alcohol motifs (C(OH)–C–C–N with tert-alkyl or cyclic N) is 1. The van der Waals surface area contributed by atoms with Crippen LogP contribution in [0.4, 0.5) is 4.79 Å². The molecule has 1 aliphatic rings. The van der Waals surface area contributed by atoms with Crippen molar-refractivity contribution in [3.8, 4) is 0 Å².